The van der Waals surface area contributed by atoms with Crippen LogP contribution >= 0.6 is 23.2 Å². The SMILES string of the molecule is CC1(C)CC/C(=C/c2ccc(Cl)cc2Cl)C1(O)Cn1cncn1. The fourth-order valence-electron chi connectivity index (χ4n) is 3.16. The first-order valence-corrected chi connectivity index (χ1v) is 8.28. The Balaban J connectivity index is 2.01. The Labute approximate surface area is 145 Å². The maximum absolute atomic E-state index is 11.4. The van der Waals surface area contributed by atoms with Gasteiger partial charge in [-0.3, -0.25) is 0 Å². The average molecular weight is 352 g/mol. The van der Waals surface area contributed by atoms with Gasteiger partial charge in [-0.05, 0) is 41.5 Å². The van der Waals surface area contributed by atoms with Gasteiger partial charge in [0.1, 0.15) is 18.3 Å². The highest BCUT2D eigenvalue weighted by Crippen LogP contribution is 2.51. The van der Waals surface area contributed by atoms with Crippen LogP contribution in [0.15, 0.2) is 36.4 Å². The van der Waals surface area contributed by atoms with Gasteiger partial charge < -0.3 is 5.11 Å². The van der Waals surface area contributed by atoms with E-state index in [1.165, 1.54) is 6.33 Å². The van der Waals surface area contributed by atoms with Crippen molar-refractivity contribution in [2.45, 2.75) is 38.8 Å². The zero-order valence-electron chi connectivity index (χ0n) is 13.1. The van der Waals surface area contributed by atoms with E-state index in [1.54, 1.807) is 23.1 Å². The monoisotopic (exact) mass is 351 g/mol. The van der Waals surface area contributed by atoms with Gasteiger partial charge in [0.25, 0.3) is 0 Å². The van der Waals surface area contributed by atoms with Crippen molar-refractivity contribution in [1.29, 1.82) is 0 Å². The summed E-state index contributed by atoms with van der Waals surface area (Å²) in [6.45, 7) is 4.53. The maximum atomic E-state index is 11.4. The molecule has 0 bridgehead atoms. The van der Waals surface area contributed by atoms with Gasteiger partial charge in [0.05, 0.1) is 6.54 Å². The van der Waals surface area contributed by atoms with E-state index in [1.807, 2.05) is 12.1 Å². The smallest absolute Gasteiger partial charge is 0.137 e. The highest BCUT2D eigenvalue weighted by atomic mass is 35.5. The van der Waals surface area contributed by atoms with Crippen LogP contribution in [-0.2, 0) is 6.54 Å². The molecule has 23 heavy (non-hydrogen) atoms. The summed E-state index contributed by atoms with van der Waals surface area (Å²) in [7, 11) is 0. The third-order valence-corrected chi connectivity index (χ3v) is 5.38. The molecular weight excluding hydrogens is 333 g/mol. The van der Waals surface area contributed by atoms with Gasteiger partial charge in [-0.25, -0.2) is 9.67 Å². The Bertz CT molecular complexity index is 740. The summed E-state index contributed by atoms with van der Waals surface area (Å²) in [6, 6.07) is 5.39. The van der Waals surface area contributed by atoms with Crippen molar-refractivity contribution in [2.24, 2.45) is 5.41 Å². The van der Waals surface area contributed by atoms with Crippen LogP contribution in [0.2, 0.25) is 10.0 Å². The molecule has 4 nitrogen and oxygen atoms in total. The molecule has 0 aliphatic heterocycles. The lowest BCUT2D eigenvalue weighted by Crippen LogP contribution is -2.45. The van der Waals surface area contributed by atoms with Gasteiger partial charge in [0.2, 0.25) is 0 Å². The molecule has 2 aromatic rings. The van der Waals surface area contributed by atoms with E-state index in [-0.39, 0.29) is 5.41 Å². The van der Waals surface area contributed by atoms with E-state index in [0.29, 0.717) is 16.6 Å². The molecule has 1 heterocycles. The zero-order chi connectivity index (χ0) is 16.7. The van der Waals surface area contributed by atoms with Crippen LogP contribution in [0.25, 0.3) is 6.08 Å². The number of rotatable bonds is 3. The maximum Gasteiger partial charge on any atom is 0.137 e. The summed E-state index contributed by atoms with van der Waals surface area (Å²) in [4.78, 5) is 3.96. The minimum Gasteiger partial charge on any atom is -0.383 e. The molecular formula is C17H19Cl2N3O. The molecule has 1 unspecified atom stereocenters. The minimum absolute atomic E-state index is 0.260. The van der Waals surface area contributed by atoms with Gasteiger partial charge in [-0.15, -0.1) is 0 Å². The van der Waals surface area contributed by atoms with E-state index in [9.17, 15) is 5.11 Å². The van der Waals surface area contributed by atoms with Crippen LogP contribution < -0.4 is 0 Å². The molecule has 3 rings (SSSR count). The van der Waals surface area contributed by atoms with Crippen LogP contribution in [0, 0.1) is 5.41 Å². The molecule has 1 aromatic heterocycles. The van der Waals surface area contributed by atoms with E-state index in [4.69, 9.17) is 23.2 Å². The van der Waals surface area contributed by atoms with Crippen molar-refractivity contribution >= 4 is 29.3 Å². The molecule has 0 amide bonds. The van der Waals surface area contributed by atoms with Crippen molar-refractivity contribution in [3.05, 3.63) is 52.0 Å². The predicted molar refractivity (Wildman–Crippen MR) is 92.4 cm³/mol. The number of halogens is 2. The summed E-state index contributed by atoms with van der Waals surface area (Å²) < 4.78 is 1.67. The zero-order valence-corrected chi connectivity index (χ0v) is 14.6. The standard InChI is InChI=1S/C17H19Cl2N3O/c1-16(2)6-5-13(7-12-3-4-14(18)8-15(12)19)17(16,23)9-22-11-20-10-21-22/h3-4,7-8,10-11,23H,5-6,9H2,1-2H3/b13-7-. The van der Waals surface area contributed by atoms with Gasteiger partial charge in [0, 0.05) is 10.0 Å². The number of hydrogen-bond donors (Lipinski definition) is 1. The van der Waals surface area contributed by atoms with Gasteiger partial charge in [-0.2, -0.15) is 5.10 Å². The first kappa shape index (κ1) is 16.5. The third-order valence-electron chi connectivity index (χ3n) is 4.82. The lowest BCUT2D eigenvalue weighted by molar-refractivity contribution is -0.0298. The average Bonchev–Trinajstić information content (AvgIpc) is 3.04. The first-order valence-electron chi connectivity index (χ1n) is 7.53. The van der Waals surface area contributed by atoms with Crippen LogP contribution in [0.3, 0.4) is 0 Å². The Hall–Kier alpha value is -1.36. The first-order chi connectivity index (χ1) is 10.8. The molecule has 6 heteroatoms. The van der Waals surface area contributed by atoms with E-state index in [2.05, 4.69) is 23.9 Å². The lowest BCUT2D eigenvalue weighted by Gasteiger charge is -2.37. The summed E-state index contributed by atoms with van der Waals surface area (Å²) in [5.74, 6) is 0. The second-order valence-corrected chi connectivity index (χ2v) is 7.52. The molecule has 1 saturated carbocycles. The number of aliphatic hydroxyl groups is 1. The second kappa shape index (κ2) is 5.93. The largest absolute Gasteiger partial charge is 0.383 e. The Morgan fingerprint density at radius 2 is 2.13 bits per heavy atom. The fourth-order valence-corrected chi connectivity index (χ4v) is 3.62. The van der Waals surface area contributed by atoms with E-state index >= 15 is 0 Å². The van der Waals surface area contributed by atoms with Gasteiger partial charge >= 0.3 is 0 Å². The van der Waals surface area contributed by atoms with Crippen molar-refractivity contribution in [2.75, 3.05) is 0 Å². The molecule has 1 aliphatic rings. The van der Waals surface area contributed by atoms with Crippen molar-refractivity contribution < 1.29 is 5.11 Å². The Morgan fingerprint density at radius 3 is 2.78 bits per heavy atom. The summed E-state index contributed by atoms with van der Waals surface area (Å²) in [6.07, 6.45) is 6.79. The Kier molecular flexibility index (Phi) is 4.25. The van der Waals surface area contributed by atoms with Crippen molar-refractivity contribution in [3.8, 4) is 0 Å². The number of aromatic nitrogens is 3. The molecule has 0 radical (unpaired) electrons. The summed E-state index contributed by atoms with van der Waals surface area (Å²) >= 11 is 12.2. The molecule has 0 spiro atoms. The normalized spacial score (nSPS) is 25.2. The summed E-state index contributed by atoms with van der Waals surface area (Å²) in [5, 5.41) is 16.7. The van der Waals surface area contributed by atoms with E-state index < -0.39 is 5.60 Å². The molecule has 122 valence electrons. The Morgan fingerprint density at radius 1 is 1.35 bits per heavy atom. The van der Waals surface area contributed by atoms with Crippen LogP contribution in [0.5, 0.6) is 0 Å². The fraction of sp³-hybridized carbons (Fsp3) is 0.412. The second-order valence-electron chi connectivity index (χ2n) is 6.67. The molecule has 0 saturated heterocycles. The topological polar surface area (TPSA) is 50.9 Å². The molecule has 1 aromatic carbocycles. The van der Waals surface area contributed by atoms with Gasteiger partial charge in [0.15, 0.2) is 0 Å². The number of nitrogens with zero attached hydrogens (tertiary/aromatic N) is 3. The molecule has 1 fully saturated rings. The van der Waals surface area contributed by atoms with Crippen molar-refractivity contribution in [1.82, 2.24) is 14.8 Å². The minimum atomic E-state index is -0.996. The number of benzene rings is 1. The van der Waals surface area contributed by atoms with Crippen LogP contribution in [0.1, 0.15) is 32.3 Å². The highest BCUT2D eigenvalue weighted by molar-refractivity contribution is 6.35. The molecule has 1 atom stereocenters. The molecule has 1 aliphatic carbocycles. The van der Waals surface area contributed by atoms with Crippen LogP contribution in [-0.4, -0.2) is 25.5 Å². The van der Waals surface area contributed by atoms with Gasteiger partial charge in [-0.1, -0.05) is 49.2 Å². The van der Waals surface area contributed by atoms with Crippen LogP contribution in [0.4, 0.5) is 0 Å². The summed E-state index contributed by atoms with van der Waals surface area (Å²) in [5.41, 5.74) is 0.566. The molecule has 1 N–H and O–H groups in total. The number of hydrogen-bond acceptors (Lipinski definition) is 3. The predicted octanol–water partition coefficient (Wildman–Crippen LogP) is 4.22. The van der Waals surface area contributed by atoms with E-state index in [0.717, 1.165) is 24.0 Å². The quantitative estimate of drug-likeness (QED) is 0.900. The third kappa shape index (κ3) is 3.03. The van der Waals surface area contributed by atoms with Crippen molar-refractivity contribution in [3.63, 3.8) is 0 Å². The highest BCUT2D eigenvalue weighted by Gasteiger charge is 2.51. The lowest BCUT2D eigenvalue weighted by atomic mass is 9.76.